The first-order valence-corrected chi connectivity index (χ1v) is 5.53. The Hall–Kier alpha value is -1.36. The predicted octanol–water partition coefficient (Wildman–Crippen LogP) is 1.92. The summed E-state index contributed by atoms with van der Waals surface area (Å²) in [5.41, 5.74) is 2.79. The van der Waals surface area contributed by atoms with Crippen LogP contribution in [-0.2, 0) is 0 Å². The van der Waals surface area contributed by atoms with E-state index in [0.29, 0.717) is 11.6 Å². The monoisotopic (exact) mass is 223 g/mol. The highest BCUT2D eigenvalue weighted by molar-refractivity contribution is 5.46. The van der Waals surface area contributed by atoms with Crippen LogP contribution < -0.4 is 16.6 Å². The first-order chi connectivity index (χ1) is 7.46. The van der Waals surface area contributed by atoms with Crippen LogP contribution in [-0.4, -0.2) is 16.5 Å². The molecule has 16 heavy (non-hydrogen) atoms. The SMILES string of the molecule is CCC(C)(C)CNc1cc(NN)nc(C)n1. The van der Waals surface area contributed by atoms with Crippen molar-refractivity contribution in [3.63, 3.8) is 0 Å². The molecule has 1 aromatic heterocycles. The molecule has 1 heterocycles. The third-order valence-corrected chi connectivity index (χ3v) is 2.69. The first-order valence-electron chi connectivity index (χ1n) is 5.53. The third kappa shape index (κ3) is 3.66. The van der Waals surface area contributed by atoms with Crippen LogP contribution in [0.2, 0.25) is 0 Å². The van der Waals surface area contributed by atoms with Crippen molar-refractivity contribution in [2.75, 3.05) is 17.3 Å². The van der Waals surface area contributed by atoms with E-state index >= 15 is 0 Å². The molecule has 0 aliphatic rings. The van der Waals surface area contributed by atoms with Crippen LogP contribution in [0.1, 0.15) is 33.0 Å². The lowest BCUT2D eigenvalue weighted by molar-refractivity contribution is 0.376. The Bertz CT molecular complexity index is 348. The zero-order valence-electron chi connectivity index (χ0n) is 10.5. The van der Waals surface area contributed by atoms with Gasteiger partial charge in [0.15, 0.2) is 0 Å². The van der Waals surface area contributed by atoms with Crippen LogP contribution in [0.4, 0.5) is 11.6 Å². The van der Waals surface area contributed by atoms with Gasteiger partial charge in [-0.15, -0.1) is 0 Å². The molecule has 0 aliphatic heterocycles. The second-order valence-corrected chi connectivity index (χ2v) is 4.70. The summed E-state index contributed by atoms with van der Waals surface area (Å²) in [6.07, 6.45) is 1.12. The van der Waals surface area contributed by atoms with Crippen molar-refractivity contribution < 1.29 is 0 Å². The van der Waals surface area contributed by atoms with Gasteiger partial charge in [0.05, 0.1) is 0 Å². The van der Waals surface area contributed by atoms with Crippen LogP contribution in [0, 0.1) is 12.3 Å². The second-order valence-electron chi connectivity index (χ2n) is 4.70. The molecule has 1 rings (SSSR count). The quantitative estimate of drug-likeness (QED) is 0.525. The highest BCUT2D eigenvalue weighted by Crippen LogP contribution is 2.20. The van der Waals surface area contributed by atoms with E-state index in [1.54, 1.807) is 6.07 Å². The minimum Gasteiger partial charge on any atom is -0.369 e. The van der Waals surface area contributed by atoms with Crippen LogP contribution in [0.3, 0.4) is 0 Å². The average Bonchev–Trinajstić information content (AvgIpc) is 2.26. The number of nitrogens with two attached hydrogens (primary N) is 1. The largest absolute Gasteiger partial charge is 0.369 e. The fraction of sp³-hybridized carbons (Fsp3) is 0.636. The topological polar surface area (TPSA) is 75.9 Å². The molecule has 0 fully saturated rings. The predicted molar refractivity (Wildman–Crippen MR) is 67.1 cm³/mol. The van der Waals surface area contributed by atoms with Crippen molar-refractivity contribution >= 4 is 11.6 Å². The molecule has 0 aliphatic carbocycles. The lowest BCUT2D eigenvalue weighted by Gasteiger charge is -2.23. The Labute approximate surface area is 96.8 Å². The van der Waals surface area contributed by atoms with Crippen molar-refractivity contribution in [3.8, 4) is 0 Å². The highest BCUT2D eigenvalue weighted by Gasteiger charge is 2.14. The van der Waals surface area contributed by atoms with Gasteiger partial charge in [0, 0.05) is 12.6 Å². The van der Waals surface area contributed by atoms with E-state index in [-0.39, 0.29) is 5.41 Å². The molecule has 0 bridgehead atoms. The lowest BCUT2D eigenvalue weighted by atomic mass is 9.90. The van der Waals surface area contributed by atoms with E-state index in [0.717, 1.165) is 18.8 Å². The summed E-state index contributed by atoms with van der Waals surface area (Å²) in [6.45, 7) is 9.34. The fourth-order valence-corrected chi connectivity index (χ4v) is 1.19. The molecule has 0 radical (unpaired) electrons. The number of anilines is 2. The van der Waals surface area contributed by atoms with E-state index in [2.05, 4.69) is 41.5 Å². The number of nitrogens with one attached hydrogen (secondary N) is 2. The highest BCUT2D eigenvalue weighted by atomic mass is 15.3. The van der Waals surface area contributed by atoms with Gasteiger partial charge in [0.25, 0.3) is 0 Å². The molecular formula is C11H21N5. The minimum absolute atomic E-state index is 0.259. The van der Waals surface area contributed by atoms with Crippen molar-refractivity contribution in [2.45, 2.75) is 34.1 Å². The normalized spacial score (nSPS) is 11.3. The summed E-state index contributed by atoms with van der Waals surface area (Å²) < 4.78 is 0. The molecule has 90 valence electrons. The maximum absolute atomic E-state index is 5.33. The number of nitrogens with zero attached hydrogens (tertiary/aromatic N) is 2. The number of hydrogen-bond acceptors (Lipinski definition) is 5. The van der Waals surface area contributed by atoms with Gasteiger partial charge in [-0.1, -0.05) is 20.8 Å². The summed E-state index contributed by atoms with van der Waals surface area (Å²) in [5.74, 6) is 7.47. The molecule has 0 spiro atoms. The van der Waals surface area contributed by atoms with Crippen molar-refractivity contribution in [1.82, 2.24) is 9.97 Å². The first kappa shape index (κ1) is 12.7. The van der Waals surface area contributed by atoms with E-state index in [4.69, 9.17) is 5.84 Å². The number of rotatable bonds is 5. The third-order valence-electron chi connectivity index (χ3n) is 2.69. The van der Waals surface area contributed by atoms with E-state index in [9.17, 15) is 0 Å². The standard InChI is InChI=1S/C11H21N5/c1-5-11(3,4)7-13-9-6-10(16-12)15-8(2)14-9/h6H,5,7,12H2,1-4H3,(H2,13,14,15,16). The Morgan fingerprint density at radius 1 is 1.31 bits per heavy atom. The lowest BCUT2D eigenvalue weighted by Crippen LogP contribution is -2.23. The van der Waals surface area contributed by atoms with Gasteiger partial charge in [-0.25, -0.2) is 15.8 Å². The van der Waals surface area contributed by atoms with Gasteiger partial charge >= 0.3 is 0 Å². The summed E-state index contributed by atoms with van der Waals surface area (Å²) in [4.78, 5) is 8.43. The number of hydrogen-bond donors (Lipinski definition) is 3. The summed E-state index contributed by atoms with van der Waals surface area (Å²) >= 11 is 0. The van der Waals surface area contributed by atoms with Crippen molar-refractivity contribution in [1.29, 1.82) is 0 Å². The van der Waals surface area contributed by atoms with Crippen LogP contribution in [0.5, 0.6) is 0 Å². The molecule has 5 nitrogen and oxygen atoms in total. The molecule has 0 amide bonds. The molecule has 4 N–H and O–H groups in total. The van der Waals surface area contributed by atoms with E-state index < -0.39 is 0 Å². The summed E-state index contributed by atoms with van der Waals surface area (Å²) in [6, 6.07) is 1.80. The average molecular weight is 223 g/mol. The Kier molecular flexibility index (Phi) is 4.06. The molecule has 0 aromatic carbocycles. The zero-order chi connectivity index (χ0) is 12.2. The van der Waals surface area contributed by atoms with Crippen LogP contribution >= 0.6 is 0 Å². The van der Waals surface area contributed by atoms with E-state index in [1.807, 2.05) is 6.92 Å². The van der Waals surface area contributed by atoms with Gasteiger partial charge in [0.2, 0.25) is 0 Å². The minimum atomic E-state index is 0.259. The molecule has 5 heteroatoms. The van der Waals surface area contributed by atoms with Gasteiger partial charge in [-0.3, -0.25) is 0 Å². The van der Waals surface area contributed by atoms with Crippen molar-refractivity contribution in [3.05, 3.63) is 11.9 Å². The second kappa shape index (κ2) is 5.12. The zero-order valence-corrected chi connectivity index (χ0v) is 10.5. The molecule has 0 saturated heterocycles. The maximum Gasteiger partial charge on any atom is 0.145 e. The molecular weight excluding hydrogens is 202 g/mol. The Morgan fingerprint density at radius 3 is 2.50 bits per heavy atom. The van der Waals surface area contributed by atoms with Gasteiger partial charge in [-0.05, 0) is 18.8 Å². The van der Waals surface area contributed by atoms with Gasteiger partial charge < -0.3 is 10.7 Å². The number of hydrazine groups is 1. The molecule has 0 atom stereocenters. The van der Waals surface area contributed by atoms with E-state index in [1.165, 1.54) is 0 Å². The smallest absolute Gasteiger partial charge is 0.145 e. The maximum atomic E-state index is 5.33. The Balaban J connectivity index is 2.70. The van der Waals surface area contributed by atoms with Crippen LogP contribution in [0.15, 0.2) is 6.07 Å². The molecule has 0 unspecified atom stereocenters. The summed E-state index contributed by atoms with van der Waals surface area (Å²) in [5, 5.41) is 3.30. The van der Waals surface area contributed by atoms with Crippen LogP contribution in [0.25, 0.3) is 0 Å². The fourth-order valence-electron chi connectivity index (χ4n) is 1.19. The molecule has 0 saturated carbocycles. The number of aromatic nitrogens is 2. The number of aryl methyl sites for hydroxylation is 1. The summed E-state index contributed by atoms with van der Waals surface area (Å²) in [7, 11) is 0. The Morgan fingerprint density at radius 2 is 1.94 bits per heavy atom. The molecule has 1 aromatic rings. The van der Waals surface area contributed by atoms with Gasteiger partial charge in [0.1, 0.15) is 17.5 Å². The van der Waals surface area contributed by atoms with Crippen molar-refractivity contribution in [2.24, 2.45) is 11.3 Å². The number of nitrogen functional groups attached to an aromatic ring is 1. The van der Waals surface area contributed by atoms with Gasteiger partial charge in [-0.2, -0.15) is 0 Å².